The Kier molecular flexibility index (Phi) is 4.56. The van der Waals surface area contributed by atoms with Crippen LogP contribution in [0.3, 0.4) is 0 Å². The molecular weight excluding hydrogens is 274 g/mol. The Bertz CT molecular complexity index is 774. The summed E-state index contributed by atoms with van der Waals surface area (Å²) >= 11 is 1.47. The predicted molar refractivity (Wildman–Crippen MR) is 80.0 cm³/mol. The lowest BCUT2D eigenvalue weighted by Gasteiger charge is -2.07. The highest BCUT2D eigenvalue weighted by Crippen LogP contribution is 2.16. The summed E-state index contributed by atoms with van der Waals surface area (Å²) in [5.74, 6) is 5.73. The van der Waals surface area contributed by atoms with Crippen molar-refractivity contribution >= 4 is 11.3 Å². The van der Waals surface area contributed by atoms with Gasteiger partial charge in [-0.3, -0.25) is 9.36 Å². The van der Waals surface area contributed by atoms with Crippen LogP contribution in [0.4, 0.5) is 0 Å². The first-order chi connectivity index (χ1) is 9.67. The molecule has 0 aliphatic heterocycles. The quantitative estimate of drug-likeness (QED) is 0.834. The van der Waals surface area contributed by atoms with Crippen molar-refractivity contribution in [1.82, 2.24) is 9.13 Å². The largest absolute Gasteiger partial charge is 0.331 e. The van der Waals surface area contributed by atoms with E-state index in [-0.39, 0.29) is 24.3 Å². The van der Waals surface area contributed by atoms with Crippen LogP contribution in [-0.4, -0.2) is 15.7 Å². The van der Waals surface area contributed by atoms with Gasteiger partial charge in [0, 0.05) is 29.2 Å². The van der Waals surface area contributed by atoms with Crippen LogP contribution in [0.1, 0.15) is 17.4 Å². The highest BCUT2D eigenvalue weighted by atomic mass is 32.1. The summed E-state index contributed by atoms with van der Waals surface area (Å²) in [6, 6.07) is 3.28. The van der Waals surface area contributed by atoms with Crippen LogP contribution >= 0.6 is 11.3 Å². The van der Waals surface area contributed by atoms with Gasteiger partial charge in [-0.2, -0.15) is 0 Å². The number of nitrogens with zero attached hydrogens (tertiary/aromatic N) is 2. The maximum absolute atomic E-state index is 12.1. The normalized spacial score (nSPS) is 10.1. The summed E-state index contributed by atoms with van der Waals surface area (Å²) in [5.41, 5.74) is 5.57. The molecular formula is C14H15N3O2S. The zero-order valence-electron chi connectivity index (χ0n) is 11.1. The van der Waals surface area contributed by atoms with E-state index in [1.807, 2.05) is 18.4 Å². The van der Waals surface area contributed by atoms with Gasteiger partial charge in [0.15, 0.2) is 0 Å². The van der Waals surface area contributed by atoms with Gasteiger partial charge in [0.05, 0.1) is 13.1 Å². The third kappa shape index (κ3) is 2.90. The van der Waals surface area contributed by atoms with E-state index in [0.717, 1.165) is 10.4 Å². The highest BCUT2D eigenvalue weighted by molar-refractivity contribution is 7.10. The first-order valence-corrected chi connectivity index (χ1v) is 7.11. The number of nitrogens with two attached hydrogens (primary N) is 1. The van der Waals surface area contributed by atoms with Gasteiger partial charge in [-0.25, -0.2) is 4.79 Å². The average molecular weight is 289 g/mol. The fraction of sp³-hybridized carbons (Fsp3) is 0.286. The molecule has 6 heteroatoms. The fourth-order valence-corrected chi connectivity index (χ4v) is 2.63. The average Bonchev–Trinajstić information content (AvgIpc) is 2.88. The predicted octanol–water partition coefficient (Wildman–Crippen LogP) is 0.450. The maximum atomic E-state index is 12.1. The van der Waals surface area contributed by atoms with Crippen LogP contribution < -0.4 is 17.0 Å². The molecule has 0 spiro atoms. The Labute approximate surface area is 120 Å². The van der Waals surface area contributed by atoms with Gasteiger partial charge in [0.2, 0.25) is 0 Å². The first kappa shape index (κ1) is 14.3. The van der Waals surface area contributed by atoms with Crippen LogP contribution in [-0.2, 0) is 13.1 Å². The van der Waals surface area contributed by atoms with Crippen LogP contribution in [0.15, 0.2) is 33.3 Å². The van der Waals surface area contributed by atoms with E-state index < -0.39 is 0 Å². The zero-order chi connectivity index (χ0) is 14.5. The summed E-state index contributed by atoms with van der Waals surface area (Å²) in [5, 5.41) is 1.89. The fourth-order valence-electron chi connectivity index (χ4n) is 1.81. The number of hydrogen-bond acceptors (Lipinski definition) is 4. The Hall–Kier alpha value is -2.10. The lowest BCUT2D eigenvalue weighted by atomic mass is 10.2. The smallest absolute Gasteiger partial charge is 0.320 e. The van der Waals surface area contributed by atoms with Gasteiger partial charge in [0.1, 0.15) is 0 Å². The Balaban J connectivity index is 2.43. The third-order valence-corrected chi connectivity index (χ3v) is 3.76. The topological polar surface area (TPSA) is 70.0 Å². The molecule has 0 aromatic carbocycles. The molecule has 0 aliphatic rings. The van der Waals surface area contributed by atoms with Crippen molar-refractivity contribution in [2.75, 3.05) is 6.54 Å². The number of rotatable bonds is 3. The van der Waals surface area contributed by atoms with E-state index in [0.29, 0.717) is 6.54 Å². The number of thiophene rings is 1. The lowest BCUT2D eigenvalue weighted by molar-refractivity contribution is 0.603. The highest BCUT2D eigenvalue weighted by Gasteiger charge is 2.08. The molecule has 0 saturated heterocycles. The first-order valence-electron chi connectivity index (χ1n) is 6.23. The summed E-state index contributed by atoms with van der Waals surface area (Å²) in [6.07, 6.45) is 1.52. The summed E-state index contributed by atoms with van der Waals surface area (Å²) in [4.78, 5) is 24.9. The molecule has 0 unspecified atom stereocenters. The molecule has 20 heavy (non-hydrogen) atoms. The maximum Gasteiger partial charge on any atom is 0.331 e. The van der Waals surface area contributed by atoms with Crippen molar-refractivity contribution in [2.24, 2.45) is 5.73 Å². The molecule has 0 atom stereocenters. The molecule has 5 nitrogen and oxygen atoms in total. The molecule has 2 heterocycles. The summed E-state index contributed by atoms with van der Waals surface area (Å²) in [6.45, 7) is 2.91. The zero-order valence-corrected chi connectivity index (χ0v) is 11.9. The third-order valence-electron chi connectivity index (χ3n) is 2.85. The van der Waals surface area contributed by atoms with E-state index in [9.17, 15) is 9.59 Å². The molecule has 0 fully saturated rings. The molecule has 0 saturated carbocycles. The van der Waals surface area contributed by atoms with Gasteiger partial charge in [-0.05, 0) is 18.4 Å². The van der Waals surface area contributed by atoms with Crippen LogP contribution in [0, 0.1) is 11.8 Å². The Morgan fingerprint density at radius 3 is 2.85 bits per heavy atom. The molecule has 104 valence electrons. The second-order valence-electron chi connectivity index (χ2n) is 4.07. The summed E-state index contributed by atoms with van der Waals surface area (Å²) in [7, 11) is 0. The molecule has 0 amide bonds. The Morgan fingerprint density at radius 2 is 2.15 bits per heavy atom. The van der Waals surface area contributed by atoms with Gasteiger partial charge in [-0.1, -0.05) is 11.8 Å². The van der Waals surface area contributed by atoms with Gasteiger partial charge in [0.25, 0.3) is 5.56 Å². The standard InChI is InChI=1S/C14H15N3O2S/c1-2-16-8-5-13(18)17(14(16)19)10-12-11(4-3-7-15)6-9-20-12/h5-6,8-9H,2,7,10,15H2,1H3. The van der Waals surface area contributed by atoms with E-state index in [1.165, 1.54) is 32.7 Å². The monoisotopic (exact) mass is 289 g/mol. The second kappa shape index (κ2) is 6.37. The minimum Gasteiger partial charge on any atom is -0.320 e. The van der Waals surface area contributed by atoms with E-state index in [4.69, 9.17) is 5.73 Å². The molecule has 0 radical (unpaired) electrons. The van der Waals surface area contributed by atoms with E-state index in [2.05, 4.69) is 11.8 Å². The molecule has 2 rings (SSSR count). The molecule has 0 bridgehead atoms. The van der Waals surface area contributed by atoms with Crippen LogP contribution in [0.2, 0.25) is 0 Å². The SMILES string of the molecule is CCn1ccc(=O)n(Cc2sccc2C#CCN)c1=O. The lowest BCUT2D eigenvalue weighted by Crippen LogP contribution is -2.38. The van der Waals surface area contributed by atoms with Gasteiger partial charge >= 0.3 is 5.69 Å². The van der Waals surface area contributed by atoms with Crippen molar-refractivity contribution in [3.63, 3.8) is 0 Å². The molecule has 2 N–H and O–H groups in total. The van der Waals surface area contributed by atoms with Crippen molar-refractivity contribution in [2.45, 2.75) is 20.0 Å². The van der Waals surface area contributed by atoms with Crippen LogP contribution in [0.25, 0.3) is 0 Å². The number of aromatic nitrogens is 2. The Morgan fingerprint density at radius 1 is 1.35 bits per heavy atom. The van der Waals surface area contributed by atoms with Gasteiger partial charge in [-0.15, -0.1) is 11.3 Å². The summed E-state index contributed by atoms with van der Waals surface area (Å²) < 4.78 is 2.73. The minimum atomic E-state index is -0.300. The van der Waals surface area contributed by atoms with Gasteiger partial charge < -0.3 is 10.3 Å². The van der Waals surface area contributed by atoms with E-state index in [1.54, 1.807) is 0 Å². The molecule has 2 aromatic rings. The van der Waals surface area contributed by atoms with Crippen molar-refractivity contribution in [1.29, 1.82) is 0 Å². The van der Waals surface area contributed by atoms with Crippen LogP contribution in [0.5, 0.6) is 0 Å². The molecule has 0 aliphatic carbocycles. The minimum absolute atomic E-state index is 0.241. The van der Waals surface area contributed by atoms with Crippen molar-refractivity contribution in [3.05, 3.63) is 55.0 Å². The van der Waals surface area contributed by atoms with Crippen molar-refractivity contribution in [3.8, 4) is 11.8 Å². The van der Waals surface area contributed by atoms with E-state index >= 15 is 0 Å². The van der Waals surface area contributed by atoms with Crippen molar-refractivity contribution < 1.29 is 0 Å². The molecule has 2 aromatic heterocycles. The number of aryl methyl sites for hydroxylation is 1. The second-order valence-corrected chi connectivity index (χ2v) is 5.07. The number of hydrogen-bond donors (Lipinski definition) is 1.